The largest absolute Gasteiger partial charge is 0.381 e. The van der Waals surface area contributed by atoms with Crippen molar-refractivity contribution < 1.29 is 9.53 Å². The number of rotatable bonds is 3. The molecule has 2 saturated heterocycles. The topological polar surface area (TPSA) is 50.4 Å². The van der Waals surface area contributed by atoms with Crippen LogP contribution in [-0.4, -0.2) is 37.7 Å². The third kappa shape index (κ3) is 4.28. The normalized spacial score (nSPS) is 26.1. The van der Waals surface area contributed by atoms with Crippen LogP contribution in [-0.2, 0) is 9.53 Å². The molecule has 5 heteroatoms. The van der Waals surface area contributed by atoms with Crippen molar-refractivity contribution in [3.05, 3.63) is 0 Å². The van der Waals surface area contributed by atoms with E-state index in [1.807, 2.05) is 0 Å². The second-order valence-corrected chi connectivity index (χ2v) is 4.45. The standard InChI is InChI=1S/C11H20N2O2.ClH/c14-11(8-10-2-1-5-12-10)13-9-3-6-15-7-4-9;/h9-10,12H,1-8H2,(H,13,14);1H. The molecule has 2 aliphatic heterocycles. The van der Waals surface area contributed by atoms with Gasteiger partial charge in [0, 0.05) is 31.7 Å². The van der Waals surface area contributed by atoms with E-state index in [-0.39, 0.29) is 18.3 Å². The van der Waals surface area contributed by atoms with Crippen LogP contribution in [0.15, 0.2) is 0 Å². The van der Waals surface area contributed by atoms with Crippen LogP contribution < -0.4 is 10.6 Å². The minimum atomic E-state index is 0. The van der Waals surface area contributed by atoms with Gasteiger partial charge < -0.3 is 15.4 Å². The minimum absolute atomic E-state index is 0. The molecule has 0 aromatic carbocycles. The first-order valence-corrected chi connectivity index (χ1v) is 5.95. The molecule has 0 saturated carbocycles. The summed E-state index contributed by atoms with van der Waals surface area (Å²) >= 11 is 0. The lowest BCUT2D eigenvalue weighted by atomic mass is 10.1. The van der Waals surface area contributed by atoms with Gasteiger partial charge in [0.2, 0.25) is 5.91 Å². The lowest BCUT2D eigenvalue weighted by molar-refractivity contribution is -0.122. The van der Waals surface area contributed by atoms with Gasteiger partial charge in [-0.25, -0.2) is 0 Å². The average molecular weight is 249 g/mol. The molecule has 2 rings (SSSR count). The molecule has 0 bridgehead atoms. The van der Waals surface area contributed by atoms with E-state index in [2.05, 4.69) is 10.6 Å². The van der Waals surface area contributed by atoms with E-state index in [1.165, 1.54) is 6.42 Å². The van der Waals surface area contributed by atoms with Gasteiger partial charge in [0.25, 0.3) is 0 Å². The Morgan fingerprint density at radius 1 is 1.31 bits per heavy atom. The summed E-state index contributed by atoms with van der Waals surface area (Å²) in [5, 5.41) is 6.43. The summed E-state index contributed by atoms with van der Waals surface area (Å²) in [5.41, 5.74) is 0. The maximum Gasteiger partial charge on any atom is 0.221 e. The number of carbonyl (C=O) groups is 1. The fourth-order valence-electron chi connectivity index (χ4n) is 2.28. The van der Waals surface area contributed by atoms with E-state index in [9.17, 15) is 4.79 Å². The molecule has 4 nitrogen and oxygen atoms in total. The predicted octanol–water partition coefficient (Wildman–Crippen LogP) is 0.845. The fraction of sp³-hybridized carbons (Fsp3) is 0.909. The van der Waals surface area contributed by atoms with Crippen molar-refractivity contribution in [2.24, 2.45) is 0 Å². The molecular weight excluding hydrogens is 228 g/mol. The van der Waals surface area contributed by atoms with Gasteiger partial charge in [-0.2, -0.15) is 0 Å². The summed E-state index contributed by atoms with van der Waals surface area (Å²) in [5.74, 6) is 0.196. The Balaban J connectivity index is 0.00000128. The quantitative estimate of drug-likeness (QED) is 0.779. The molecule has 94 valence electrons. The maximum atomic E-state index is 11.7. The van der Waals surface area contributed by atoms with Crippen LogP contribution in [0.2, 0.25) is 0 Å². The molecular formula is C11H21ClN2O2. The molecule has 16 heavy (non-hydrogen) atoms. The zero-order valence-electron chi connectivity index (χ0n) is 9.54. The zero-order chi connectivity index (χ0) is 10.5. The van der Waals surface area contributed by atoms with Crippen molar-refractivity contribution in [3.63, 3.8) is 0 Å². The highest BCUT2D eigenvalue weighted by atomic mass is 35.5. The molecule has 2 heterocycles. The number of nitrogens with one attached hydrogen (secondary N) is 2. The van der Waals surface area contributed by atoms with Crippen LogP contribution in [0.1, 0.15) is 32.1 Å². The van der Waals surface area contributed by atoms with Crippen molar-refractivity contribution >= 4 is 18.3 Å². The van der Waals surface area contributed by atoms with Gasteiger partial charge in [0.15, 0.2) is 0 Å². The molecule has 1 atom stereocenters. The number of halogens is 1. The first kappa shape index (κ1) is 13.7. The molecule has 1 amide bonds. The number of ether oxygens (including phenoxy) is 1. The van der Waals surface area contributed by atoms with Gasteiger partial charge in [-0.05, 0) is 32.2 Å². The van der Waals surface area contributed by atoms with Crippen LogP contribution >= 0.6 is 12.4 Å². The molecule has 0 aromatic rings. The highest BCUT2D eigenvalue weighted by molar-refractivity contribution is 5.85. The van der Waals surface area contributed by atoms with Gasteiger partial charge in [-0.15, -0.1) is 12.4 Å². The molecule has 0 radical (unpaired) electrons. The van der Waals surface area contributed by atoms with E-state index in [1.54, 1.807) is 0 Å². The smallest absolute Gasteiger partial charge is 0.221 e. The Morgan fingerprint density at radius 2 is 2.06 bits per heavy atom. The lowest BCUT2D eigenvalue weighted by Crippen LogP contribution is -2.41. The van der Waals surface area contributed by atoms with Crippen molar-refractivity contribution in [1.82, 2.24) is 10.6 Å². The van der Waals surface area contributed by atoms with E-state index >= 15 is 0 Å². The van der Waals surface area contributed by atoms with E-state index in [0.717, 1.165) is 39.0 Å². The molecule has 1 unspecified atom stereocenters. The maximum absolute atomic E-state index is 11.7. The summed E-state index contributed by atoms with van der Waals surface area (Å²) in [6.07, 6.45) is 4.90. The second-order valence-electron chi connectivity index (χ2n) is 4.45. The Morgan fingerprint density at radius 3 is 2.69 bits per heavy atom. The Kier molecular flexibility index (Phi) is 6.09. The second kappa shape index (κ2) is 7.09. The summed E-state index contributed by atoms with van der Waals surface area (Å²) in [6, 6.07) is 0.748. The Labute approximate surface area is 103 Å². The summed E-state index contributed by atoms with van der Waals surface area (Å²) in [6.45, 7) is 2.63. The number of hydrogen-bond acceptors (Lipinski definition) is 3. The zero-order valence-corrected chi connectivity index (χ0v) is 10.4. The number of amides is 1. The average Bonchev–Trinajstić information content (AvgIpc) is 2.71. The molecule has 0 aliphatic carbocycles. The van der Waals surface area contributed by atoms with Gasteiger partial charge in [-0.3, -0.25) is 4.79 Å². The number of carbonyl (C=O) groups excluding carboxylic acids is 1. The minimum Gasteiger partial charge on any atom is -0.381 e. The van der Waals surface area contributed by atoms with Crippen molar-refractivity contribution in [2.75, 3.05) is 19.8 Å². The molecule has 2 N–H and O–H groups in total. The monoisotopic (exact) mass is 248 g/mol. The van der Waals surface area contributed by atoms with Crippen molar-refractivity contribution in [3.8, 4) is 0 Å². The number of hydrogen-bond donors (Lipinski definition) is 2. The summed E-state index contributed by atoms with van der Waals surface area (Å²) < 4.78 is 5.25. The lowest BCUT2D eigenvalue weighted by Gasteiger charge is -2.23. The van der Waals surface area contributed by atoms with Crippen LogP contribution in [0.5, 0.6) is 0 Å². The van der Waals surface area contributed by atoms with E-state index < -0.39 is 0 Å². The highest BCUT2D eigenvalue weighted by Gasteiger charge is 2.20. The third-order valence-electron chi connectivity index (χ3n) is 3.18. The Hall–Kier alpha value is -0.320. The van der Waals surface area contributed by atoms with Crippen molar-refractivity contribution in [1.29, 1.82) is 0 Å². The van der Waals surface area contributed by atoms with Gasteiger partial charge in [-0.1, -0.05) is 0 Å². The van der Waals surface area contributed by atoms with E-state index in [4.69, 9.17) is 4.74 Å². The van der Waals surface area contributed by atoms with Crippen LogP contribution in [0, 0.1) is 0 Å². The van der Waals surface area contributed by atoms with Gasteiger partial charge in [0.05, 0.1) is 0 Å². The van der Waals surface area contributed by atoms with E-state index in [0.29, 0.717) is 18.5 Å². The highest BCUT2D eigenvalue weighted by Crippen LogP contribution is 2.10. The summed E-state index contributed by atoms with van der Waals surface area (Å²) in [7, 11) is 0. The van der Waals surface area contributed by atoms with Gasteiger partial charge >= 0.3 is 0 Å². The SMILES string of the molecule is Cl.O=C(CC1CCCN1)NC1CCOCC1. The molecule has 0 spiro atoms. The first-order valence-electron chi connectivity index (χ1n) is 5.95. The molecule has 2 aliphatic rings. The van der Waals surface area contributed by atoms with Gasteiger partial charge in [0.1, 0.15) is 0 Å². The third-order valence-corrected chi connectivity index (χ3v) is 3.18. The van der Waals surface area contributed by atoms with Crippen molar-refractivity contribution in [2.45, 2.75) is 44.2 Å². The van der Waals surface area contributed by atoms with Crippen LogP contribution in [0.25, 0.3) is 0 Å². The first-order chi connectivity index (χ1) is 7.34. The Bertz CT molecular complexity index is 214. The predicted molar refractivity (Wildman–Crippen MR) is 64.9 cm³/mol. The summed E-state index contributed by atoms with van der Waals surface area (Å²) in [4.78, 5) is 11.7. The van der Waals surface area contributed by atoms with Crippen LogP contribution in [0.4, 0.5) is 0 Å². The fourth-order valence-corrected chi connectivity index (χ4v) is 2.28. The van der Waals surface area contributed by atoms with Crippen LogP contribution in [0.3, 0.4) is 0 Å². The molecule has 2 fully saturated rings. The molecule has 0 aromatic heterocycles.